The van der Waals surface area contributed by atoms with Crippen molar-refractivity contribution in [2.45, 2.75) is 52.4 Å². The molecular weight excluding hydrogens is 378 g/mol. The third kappa shape index (κ3) is 3.63. The Balaban J connectivity index is 1.64. The predicted octanol–water partition coefficient (Wildman–Crippen LogP) is 6.37. The summed E-state index contributed by atoms with van der Waals surface area (Å²) in [5.74, 6) is 1.56. The highest BCUT2D eigenvalue weighted by Crippen LogP contribution is 2.34. The molecule has 0 amide bonds. The lowest BCUT2D eigenvalue weighted by Crippen LogP contribution is -2.30. The van der Waals surface area contributed by atoms with E-state index in [1.165, 1.54) is 70.0 Å². The maximum absolute atomic E-state index is 4.74. The van der Waals surface area contributed by atoms with E-state index in [9.17, 15) is 0 Å². The van der Waals surface area contributed by atoms with Crippen molar-refractivity contribution in [3.8, 4) is 22.4 Å². The fourth-order valence-corrected chi connectivity index (χ4v) is 5.05. The summed E-state index contributed by atoms with van der Waals surface area (Å²) in [6.45, 7) is 6.60. The summed E-state index contributed by atoms with van der Waals surface area (Å²) in [6, 6.07) is 13.5. The van der Waals surface area contributed by atoms with E-state index in [0.717, 1.165) is 11.4 Å². The molecule has 4 aromatic rings. The van der Waals surface area contributed by atoms with Gasteiger partial charge >= 0.3 is 0 Å². The zero-order valence-electron chi connectivity index (χ0n) is 18.9. The Labute approximate surface area is 184 Å². The molecule has 2 aromatic heterocycles. The van der Waals surface area contributed by atoms with Crippen LogP contribution < -0.4 is 4.57 Å². The van der Waals surface area contributed by atoms with E-state index in [-0.39, 0.29) is 0 Å². The monoisotopic (exact) mass is 408 g/mol. The zero-order valence-corrected chi connectivity index (χ0v) is 18.9. The Hall–Kier alpha value is -3.07. The van der Waals surface area contributed by atoms with Gasteiger partial charge in [0.15, 0.2) is 6.20 Å². The summed E-state index contributed by atoms with van der Waals surface area (Å²) in [5.41, 5.74) is 8.77. The molecule has 0 bridgehead atoms. The molecule has 5 rings (SSSR count). The number of hydrogen-bond donors (Lipinski definition) is 0. The van der Waals surface area contributed by atoms with Gasteiger partial charge in [0.25, 0.3) is 0 Å². The van der Waals surface area contributed by atoms with Crippen LogP contribution in [0.4, 0.5) is 0 Å². The minimum Gasteiger partial charge on any atom is -0.240 e. The van der Waals surface area contributed by atoms with Gasteiger partial charge in [-0.2, -0.15) is 0 Å². The first kappa shape index (κ1) is 19.9. The van der Waals surface area contributed by atoms with Gasteiger partial charge in [-0.15, -0.1) is 0 Å². The van der Waals surface area contributed by atoms with Crippen molar-refractivity contribution in [1.82, 2.24) is 9.97 Å². The third-order valence-corrected chi connectivity index (χ3v) is 6.93. The third-order valence-electron chi connectivity index (χ3n) is 6.93. The molecule has 2 aromatic carbocycles. The molecule has 3 nitrogen and oxygen atoms in total. The van der Waals surface area contributed by atoms with Crippen LogP contribution in [0, 0.1) is 20.8 Å². The lowest BCUT2D eigenvalue weighted by molar-refractivity contribution is -0.659. The molecule has 0 N–H and O–H groups in total. The second-order valence-electron chi connectivity index (χ2n) is 9.14. The second kappa shape index (κ2) is 7.88. The Morgan fingerprint density at radius 1 is 0.871 bits per heavy atom. The number of nitrogens with zero attached hydrogens (tertiary/aromatic N) is 3. The van der Waals surface area contributed by atoms with E-state index in [2.05, 4.69) is 75.0 Å². The van der Waals surface area contributed by atoms with Crippen molar-refractivity contribution in [1.29, 1.82) is 0 Å². The number of aryl methyl sites for hydroxylation is 3. The van der Waals surface area contributed by atoms with Crippen LogP contribution in [0.5, 0.6) is 0 Å². The molecule has 1 saturated carbocycles. The summed E-state index contributed by atoms with van der Waals surface area (Å²) >= 11 is 0. The number of aromatic nitrogens is 3. The minimum absolute atomic E-state index is 0.545. The molecule has 2 heterocycles. The van der Waals surface area contributed by atoms with E-state index in [0.29, 0.717) is 5.92 Å². The lowest BCUT2D eigenvalue weighted by atomic mass is 9.93. The molecule has 0 atom stereocenters. The molecule has 1 aliphatic rings. The number of pyridine rings is 1. The molecule has 1 aliphatic carbocycles. The van der Waals surface area contributed by atoms with Gasteiger partial charge in [0.2, 0.25) is 5.69 Å². The molecule has 0 radical (unpaired) electrons. The van der Waals surface area contributed by atoms with Crippen LogP contribution >= 0.6 is 0 Å². The van der Waals surface area contributed by atoms with Crippen molar-refractivity contribution in [3.05, 3.63) is 77.5 Å². The Morgan fingerprint density at radius 2 is 1.61 bits per heavy atom. The lowest BCUT2D eigenvalue weighted by Gasteiger charge is -2.12. The Morgan fingerprint density at radius 3 is 2.35 bits per heavy atom. The van der Waals surface area contributed by atoms with Crippen LogP contribution in [0.25, 0.3) is 33.2 Å². The van der Waals surface area contributed by atoms with Crippen LogP contribution in [-0.2, 0) is 7.05 Å². The molecule has 156 valence electrons. The van der Waals surface area contributed by atoms with Crippen molar-refractivity contribution in [2.24, 2.45) is 7.05 Å². The molecule has 31 heavy (non-hydrogen) atoms. The molecule has 0 saturated heterocycles. The van der Waals surface area contributed by atoms with Gasteiger partial charge < -0.3 is 0 Å². The van der Waals surface area contributed by atoms with E-state index >= 15 is 0 Å². The molecule has 0 spiro atoms. The molecule has 1 fully saturated rings. The van der Waals surface area contributed by atoms with E-state index in [4.69, 9.17) is 9.97 Å². The van der Waals surface area contributed by atoms with Crippen LogP contribution in [0.2, 0.25) is 0 Å². The topological polar surface area (TPSA) is 29.7 Å². The summed E-state index contributed by atoms with van der Waals surface area (Å²) in [7, 11) is 2.14. The zero-order chi connectivity index (χ0) is 21.5. The number of benzene rings is 2. The first-order valence-corrected chi connectivity index (χ1v) is 11.3. The average Bonchev–Trinajstić information content (AvgIpc) is 3.31. The number of hydrogen-bond acceptors (Lipinski definition) is 2. The Kier molecular flexibility index (Phi) is 5.05. The van der Waals surface area contributed by atoms with Crippen molar-refractivity contribution in [2.75, 3.05) is 0 Å². The predicted molar refractivity (Wildman–Crippen MR) is 127 cm³/mol. The maximum atomic E-state index is 4.74. The average molecular weight is 409 g/mol. The van der Waals surface area contributed by atoms with E-state index in [1.54, 1.807) is 0 Å². The fraction of sp³-hybridized carbons (Fsp3) is 0.321. The fourth-order valence-electron chi connectivity index (χ4n) is 5.05. The van der Waals surface area contributed by atoms with Crippen molar-refractivity contribution in [3.63, 3.8) is 0 Å². The van der Waals surface area contributed by atoms with Crippen LogP contribution in [0.3, 0.4) is 0 Å². The molecule has 0 aliphatic heterocycles. The molecule has 0 unspecified atom stereocenters. The van der Waals surface area contributed by atoms with Gasteiger partial charge in [0.1, 0.15) is 12.9 Å². The summed E-state index contributed by atoms with van der Waals surface area (Å²) in [4.78, 5) is 9.47. The SMILES string of the molecule is Cc1cc(C)c(C)c(-c2c3cc(-c4cnc(C5CCCC5)nc4)ccc3cc[n+]2C)c1. The van der Waals surface area contributed by atoms with E-state index in [1.807, 2.05) is 12.4 Å². The van der Waals surface area contributed by atoms with Gasteiger partial charge in [-0.05, 0) is 67.8 Å². The summed E-state index contributed by atoms with van der Waals surface area (Å²) in [6.07, 6.45) is 11.2. The van der Waals surface area contributed by atoms with Crippen molar-refractivity contribution >= 4 is 10.8 Å². The second-order valence-corrected chi connectivity index (χ2v) is 9.14. The molecule has 3 heteroatoms. The minimum atomic E-state index is 0.545. The Bertz CT molecular complexity index is 1270. The smallest absolute Gasteiger partial charge is 0.220 e. The summed E-state index contributed by atoms with van der Waals surface area (Å²) in [5, 5.41) is 2.51. The van der Waals surface area contributed by atoms with Gasteiger partial charge in [0.05, 0.1) is 10.9 Å². The van der Waals surface area contributed by atoms with Crippen LogP contribution in [-0.4, -0.2) is 9.97 Å². The first-order valence-electron chi connectivity index (χ1n) is 11.3. The largest absolute Gasteiger partial charge is 0.240 e. The highest BCUT2D eigenvalue weighted by Gasteiger charge is 2.21. The standard InChI is InChI=1S/C28H30N3/c1-18-13-19(2)20(3)25(14-18)27-26-15-23(10-9-21(26)11-12-31(27)4)24-16-29-28(30-17-24)22-7-5-6-8-22/h9-17,22H,5-8H2,1-4H3/q+1. The number of fused-ring (bicyclic) bond motifs is 1. The maximum Gasteiger partial charge on any atom is 0.220 e. The van der Waals surface area contributed by atoms with Gasteiger partial charge in [-0.25, -0.2) is 14.5 Å². The highest BCUT2D eigenvalue weighted by molar-refractivity contribution is 5.96. The highest BCUT2D eigenvalue weighted by atomic mass is 14.9. The first-order chi connectivity index (χ1) is 15.0. The molecular formula is C28H30N3+. The van der Waals surface area contributed by atoms with Crippen molar-refractivity contribution < 1.29 is 4.57 Å². The van der Waals surface area contributed by atoms with E-state index < -0.39 is 0 Å². The number of rotatable bonds is 3. The van der Waals surface area contributed by atoms with Gasteiger partial charge in [0, 0.05) is 29.9 Å². The van der Waals surface area contributed by atoms with Gasteiger partial charge in [-0.3, -0.25) is 0 Å². The summed E-state index contributed by atoms with van der Waals surface area (Å²) < 4.78 is 2.24. The van der Waals surface area contributed by atoms with Gasteiger partial charge in [-0.1, -0.05) is 36.6 Å². The van der Waals surface area contributed by atoms with Crippen LogP contribution in [0.15, 0.2) is 55.0 Å². The normalized spacial score (nSPS) is 14.5. The van der Waals surface area contributed by atoms with Crippen LogP contribution in [0.1, 0.15) is 54.1 Å². The quantitative estimate of drug-likeness (QED) is 0.369.